The molecule has 1 aromatic carbocycles. The van der Waals surface area contributed by atoms with Crippen molar-refractivity contribution >= 4 is 35.3 Å². The molecule has 6 nitrogen and oxygen atoms in total. The van der Waals surface area contributed by atoms with Gasteiger partial charge in [0.15, 0.2) is 0 Å². The third-order valence-electron chi connectivity index (χ3n) is 4.81. The first-order chi connectivity index (χ1) is 14.1. The van der Waals surface area contributed by atoms with E-state index in [-0.39, 0.29) is 11.6 Å². The van der Waals surface area contributed by atoms with Crippen molar-refractivity contribution in [3.05, 3.63) is 69.4 Å². The smallest absolute Gasteiger partial charge is 0.264 e. The molecule has 0 atom stereocenters. The molecule has 4 rings (SSSR count). The van der Waals surface area contributed by atoms with Gasteiger partial charge in [0.1, 0.15) is 6.07 Å². The fraction of sp³-hybridized carbons (Fsp3) is 0.227. The standard InChI is InChI=1S/C22H20N4O2S/c1-16-4-6-17(7-5-16)8-9-20-24-18(15-23)22(28-20)26-12-10-25(11-13-26)21(27)19-3-2-14-29-19/h2-9,14H,10-13H2,1H3/b9-8+. The lowest BCUT2D eigenvalue weighted by Crippen LogP contribution is -2.48. The van der Waals surface area contributed by atoms with Crippen molar-refractivity contribution in [2.75, 3.05) is 31.1 Å². The molecule has 3 heterocycles. The van der Waals surface area contributed by atoms with Gasteiger partial charge >= 0.3 is 0 Å². The number of hydrogen-bond acceptors (Lipinski definition) is 6. The molecule has 0 N–H and O–H groups in total. The van der Waals surface area contributed by atoms with Gasteiger partial charge in [-0.1, -0.05) is 35.9 Å². The maximum absolute atomic E-state index is 12.5. The number of aromatic nitrogens is 1. The van der Waals surface area contributed by atoms with Gasteiger partial charge < -0.3 is 14.2 Å². The van der Waals surface area contributed by atoms with E-state index in [4.69, 9.17) is 4.42 Å². The Bertz CT molecular complexity index is 1050. The van der Waals surface area contributed by atoms with Crippen molar-refractivity contribution < 1.29 is 9.21 Å². The highest BCUT2D eigenvalue weighted by Gasteiger charge is 2.26. The molecule has 3 aromatic rings. The Hall–Kier alpha value is -3.37. The zero-order valence-electron chi connectivity index (χ0n) is 16.0. The third kappa shape index (κ3) is 4.23. The third-order valence-corrected chi connectivity index (χ3v) is 5.67. The molecule has 29 heavy (non-hydrogen) atoms. The van der Waals surface area contributed by atoms with E-state index in [1.807, 2.05) is 64.6 Å². The highest BCUT2D eigenvalue weighted by Crippen LogP contribution is 2.25. The summed E-state index contributed by atoms with van der Waals surface area (Å²) < 4.78 is 5.86. The summed E-state index contributed by atoms with van der Waals surface area (Å²) in [5, 5.41) is 11.4. The Morgan fingerprint density at radius 1 is 1.17 bits per heavy atom. The lowest BCUT2D eigenvalue weighted by Gasteiger charge is -2.34. The molecule has 0 aliphatic carbocycles. The first-order valence-electron chi connectivity index (χ1n) is 9.37. The van der Waals surface area contributed by atoms with Crippen molar-refractivity contribution in [3.63, 3.8) is 0 Å². The number of rotatable bonds is 4. The summed E-state index contributed by atoms with van der Waals surface area (Å²) in [6, 6.07) is 14.0. The molecular weight excluding hydrogens is 384 g/mol. The zero-order valence-corrected chi connectivity index (χ0v) is 16.9. The molecule has 1 aliphatic rings. The molecule has 0 unspecified atom stereocenters. The van der Waals surface area contributed by atoms with E-state index >= 15 is 0 Å². The fourth-order valence-corrected chi connectivity index (χ4v) is 3.89. The van der Waals surface area contributed by atoms with E-state index in [2.05, 4.69) is 11.1 Å². The second-order valence-corrected chi connectivity index (χ2v) is 7.77. The predicted molar refractivity (Wildman–Crippen MR) is 114 cm³/mol. The SMILES string of the molecule is Cc1ccc(/C=C/c2nc(C#N)c(N3CCN(C(=O)c4cccs4)CC3)o2)cc1. The van der Waals surface area contributed by atoms with Crippen LogP contribution in [0.25, 0.3) is 12.2 Å². The topological polar surface area (TPSA) is 73.4 Å². The Balaban J connectivity index is 1.44. The van der Waals surface area contributed by atoms with Crippen LogP contribution in [0.1, 0.15) is 32.4 Å². The molecule has 7 heteroatoms. The number of amides is 1. The van der Waals surface area contributed by atoms with Gasteiger partial charge in [-0.3, -0.25) is 4.79 Å². The van der Waals surface area contributed by atoms with E-state index in [1.165, 1.54) is 16.9 Å². The Morgan fingerprint density at radius 3 is 2.59 bits per heavy atom. The van der Waals surface area contributed by atoms with Gasteiger partial charge in [-0.2, -0.15) is 10.2 Å². The fourth-order valence-electron chi connectivity index (χ4n) is 3.20. The second-order valence-electron chi connectivity index (χ2n) is 6.82. The van der Waals surface area contributed by atoms with Crippen LogP contribution in [0.5, 0.6) is 0 Å². The number of carbonyl (C=O) groups is 1. The van der Waals surface area contributed by atoms with Gasteiger partial charge in [-0.15, -0.1) is 11.3 Å². The summed E-state index contributed by atoms with van der Waals surface area (Å²) in [5.74, 6) is 0.924. The Kier molecular flexibility index (Phi) is 5.45. The van der Waals surface area contributed by atoms with E-state index in [9.17, 15) is 10.1 Å². The number of nitrogens with zero attached hydrogens (tertiary/aromatic N) is 4. The summed E-state index contributed by atoms with van der Waals surface area (Å²) in [5.41, 5.74) is 2.50. The highest BCUT2D eigenvalue weighted by atomic mass is 32.1. The minimum atomic E-state index is 0.0550. The lowest BCUT2D eigenvalue weighted by atomic mass is 10.1. The first-order valence-corrected chi connectivity index (χ1v) is 10.3. The second kappa shape index (κ2) is 8.33. The van der Waals surface area contributed by atoms with E-state index in [0.29, 0.717) is 38.0 Å². The molecule has 1 fully saturated rings. The monoisotopic (exact) mass is 404 g/mol. The number of thiophene rings is 1. The number of nitriles is 1. The van der Waals surface area contributed by atoms with Crippen LogP contribution in [0.4, 0.5) is 5.88 Å². The minimum Gasteiger partial charge on any atom is -0.420 e. The molecular formula is C22H20N4O2S. The van der Waals surface area contributed by atoms with E-state index in [1.54, 1.807) is 6.08 Å². The van der Waals surface area contributed by atoms with Crippen molar-refractivity contribution in [3.8, 4) is 6.07 Å². The zero-order chi connectivity index (χ0) is 20.2. The largest absolute Gasteiger partial charge is 0.420 e. The summed E-state index contributed by atoms with van der Waals surface area (Å²) in [6.45, 7) is 4.40. The Morgan fingerprint density at radius 2 is 1.93 bits per heavy atom. The van der Waals surface area contributed by atoms with Crippen LogP contribution in [0.15, 0.2) is 46.2 Å². The number of benzene rings is 1. The molecule has 1 saturated heterocycles. The molecule has 2 aromatic heterocycles. The normalized spacial score (nSPS) is 14.3. The molecule has 1 aliphatic heterocycles. The molecule has 146 valence electrons. The summed E-state index contributed by atoms with van der Waals surface area (Å²) in [6.07, 6.45) is 3.68. The van der Waals surface area contributed by atoms with Gasteiger partial charge in [-0.25, -0.2) is 0 Å². The van der Waals surface area contributed by atoms with Crippen LogP contribution in [0.2, 0.25) is 0 Å². The number of carbonyl (C=O) groups excluding carboxylic acids is 1. The average Bonchev–Trinajstić information content (AvgIpc) is 3.43. The summed E-state index contributed by atoms with van der Waals surface area (Å²) in [7, 11) is 0. The van der Waals surface area contributed by atoms with Gasteiger partial charge in [0.2, 0.25) is 17.5 Å². The number of hydrogen-bond donors (Lipinski definition) is 0. The predicted octanol–water partition coefficient (Wildman–Crippen LogP) is 4.05. The van der Waals surface area contributed by atoms with Crippen molar-refractivity contribution in [1.82, 2.24) is 9.88 Å². The average molecular weight is 404 g/mol. The van der Waals surface area contributed by atoms with E-state index < -0.39 is 0 Å². The first kappa shape index (κ1) is 19.0. The highest BCUT2D eigenvalue weighted by molar-refractivity contribution is 7.12. The van der Waals surface area contributed by atoms with Crippen molar-refractivity contribution in [1.29, 1.82) is 5.26 Å². The van der Waals surface area contributed by atoms with Crippen LogP contribution in [0.3, 0.4) is 0 Å². The molecule has 0 spiro atoms. The minimum absolute atomic E-state index is 0.0550. The summed E-state index contributed by atoms with van der Waals surface area (Å²) in [4.78, 5) is 21.4. The van der Waals surface area contributed by atoms with Crippen LogP contribution < -0.4 is 4.90 Å². The van der Waals surface area contributed by atoms with Crippen LogP contribution >= 0.6 is 11.3 Å². The quantitative estimate of drug-likeness (QED) is 0.656. The van der Waals surface area contributed by atoms with Crippen LogP contribution in [-0.2, 0) is 0 Å². The number of oxazole rings is 1. The van der Waals surface area contributed by atoms with Gasteiger partial charge in [0.05, 0.1) is 4.88 Å². The van der Waals surface area contributed by atoms with Gasteiger partial charge in [-0.05, 0) is 30.0 Å². The maximum Gasteiger partial charge on any atom is 0.264 e. The van der Waals surface area contributed by atoms with Crippen molar-refractivity contribution in [2.45, 2.75) is 6.92 Å². The number of piperazine rings is 1. The summed E-state index contributed by atoms with van der Waals surface area (Å²) >= 11 is 1.45. The molecule has 0 radical (unpaired) electrons. The van der Waals surface area contributed by atoms with E-state index in [0.717, 1.165) is 10.4 Å². The molecule has 0 saturated carbocycles. The maximum atomic E-state index is 12.5. The Labute approximate surface area is 173 Å². The number of aryl methyl sites for hydroxylation is 1. The van der Waals surface area contributed by atoms with Gasteiger partial charge in [0.25, 0.3) is 5.91 Å². The lowest BCUT2D eigenvalue weighted by molar-refractivity contribution is 0.0750. The van der Waals surface area contributed by atoms with Gasteiger partial charge in [0, 0.05) is 32.3 Å². The van der Waals surface area contributed by atoms with Crippen LogP contribution in [-0.4, -0.2) is 42.0 Å². The van der Waals surface area contributed by atoms with Crippen molar-refractivity contribution in [2.24, 2.45) is 0 Å². The molecule has 1 amide bonds. The molecule has 0 bridgehead atoms. The number of anilines is 1. The van der Waals surface area contributed by atoms with Crippen LogP contribution in [0, 0.1) is 18.3 Å².